The quantitative estimate of drug-likeness (QED) is 0.457. The first-order valence-corrected chi connectivity index (χ1v) is 9.76. The minimum absolute atomic E-state index is 0.171. The number of hydrogen-bond donors (Lipinski definition) is 0. The molecule has 0 bridgehead atoms. The fourth-order valence-electron chi connectivity index (χ4n) is 2.24. The van der Waals surface area contributed by atoms with Gasteiger partial charge in [0.15, 0.2) is 0 Å². The molecule has 0 saturated carbocycles. The van der Waals surface area contributed by atoms with Crippen molar-refractivity contribution in [3.63, 3.8) is 0 Å². The van der Waals surface area contributed by atoms with Crippen LogP contribution in [0, 0.1) is 11.8 Å². The van der Waals surface area contributed by atoms with Crippen molar-refractivity contribution in [1.29, 1.82) is 0 Å². The van der Waals surface area contributed by atoms with E-state index in [1.807, 2.05) is 0 Å². The molecule has 1 aromatic rings. The molecule has 0 aliphatic rings. The van der Waals surface area contributed by atoms with Gasteiger partial charge in [-0.15, -0.1) is 0 Å². The van der Waals surface area contributed by atoms with Gasteiger partial charge in [0, 0.05) is 6.42 Å². The zero-order valence-corrected chi connectivity index (χ0v) is 15.3. The van der Waals surface area contributed by atoms with Crippen molar-refractivity contribution in [1.82, 2.24) is 0 Å². The second kappa shape index (κ2) is 9.67. The smallest absolute Gasteiger partial charge is 0.219 e. The van der Waals surface area contributed by atoms with E-state index < -0.39 is 26.5 Å². The van der Waals surface area contributed by atoms with E-state index in [4.69, 9.17) is 0 Å². The lowest BCUT2D eigenvalue weighted by atomic mass is 10.1. The van der Waals surface area contributed by atoms with E-state index in [0.717, 1.165) is 32.6 Å². The molecule has 0 aliphatic carbocycles. The molecule has 6 heteroatoms. The van der Waals surface area contributed by atoms with Gasteiger partial charge < -0.3 is 0 Å². The Bertz CT molecular complexity index is 736. The molecular weight excluding hydrogens is 349 g/mol. The fraction of sp³-hybridized carbons (Fsp3) is 0.474. The monoisotopic (exact) mass is 372 g/mol. The van der Waals surface area contributed by atoms with Crippen molar-refractivity contribution >= 4 is 9.84 Å². The summed E-state index contributed by atoms with van der Waals surface area (Å²) in [5.41, 5.74) is -1.29. The van der Waals surface area contributed by atoms with Gasteiger partial charge in [0.25, 0.3) is 0 Å². The predicted molar refractivity (Wildman–Crippen MR) is 93.5 cm³/mol. The maximum Gasteiger partial charge on any atom is 0.425 e. The summed E-state index contributed by atoms with van der Waals surface area (Å²) >= 11 is 0. The third-order valence-corrected chi connectivity index (χ3v) is 5.61. The molecular formula is C19H23F3O2S. The topological polar surface area (TPSA) is 34.1 Å². The molecule has 0 spiro atoms. The van der Waals surface area contributed by atoms with Crippen LogP contribution in [-0.2, 0) is 9.84 Å². The summed E-state index contributed by atoms with van der Waals surface area (Å²) in [5, 5.41) is 0. The van der Waals surface area contributed by atoms with Crippen LogP contribution in [-0.4, -0.2) is 14.6 Å². The van der Waals surface area contributed by atoms with Gasteiger partial charge in [-0.1, -0.05) is 62.6 Å². The summed E-state index contributed by atoms with van der Waals surface area (Å²) < 4.78 is 64.6. The lowest BCUT2D eigenvalue weighted by Crippen LogP contribution is -2.16. The van der Waals surface area contributed by atoms with Crippen molar-refractivity contribution in [2.75, 3.05) is 0 Å². The summed E-state index contributed by atoms with van der Waals surface area (Å²) in [6, 6.07) is 7.08. The van der Waals surface area contributed by atoms with Crippen LogP contribution in [0.25, 0.3) is 0 Å². The zero-order valence-electron chi connectivity index (χ0n) is 14.5. The van der Waals surface area contributed by atoms with Crippen molar-refractivity contribution < 1.29 is 21.6 Å². The number of benzene rings is 1. The van der Waals surface area contributed by atoms with Gasteiger partial charge in [-0.05, 0) is 25.5 Å². The van der Waals surface area contributed by atoms with E-state index in [-0.39, 0.29) is 4.90 Å². The second-order valence-corrected chi connectivity index (χ2v) is 7.80. The Morgan fingerprint density at radius 3 is 2.20 bits per heavy atom. The minimum atomic E-state index is -4.80. The Balaban J connectivity index is 3.04. The Labute approximate surface area is 148 Å². The lowest BCUT2D eigenvalue weighted by Gasteiger charge is -2.11. The first kappa shape index (κ1) is 21.3. The molecule has 1 aromatic carbocycles. The highest BCUT2D eigenvalue weighted by Gasteiger charge is 2.38. The Hall–Kier alpha value is -1.74. The highest BCUT2D eigenvalue weighted by atomic mass is 32.2. The van der Waals surface area contributed by atoms with Crippen LogP contribution < -0.4 is 0 Å². The Morgan fingerprint density at radius 1 is 1.04 bits per heavy atom. The maximum atomic E-state index is 13.3. The van der Waals surface area contributed by atoms with Crippen LogP contribution in [0.2, 0.25) is 0 Å². The number of halogens is 3. The predicted octanol–water partition coefficient (Wildman–Crippen LogP) is 5.66. The number of sulfone groups is 1. The molecule has 0 atom stereocenters. The van der Waals surface area contributed by atoms with Crippen LogP contribution in [0.5, 0.6) is 0 Å². The molecule has 138 valence electrons. The van der Waals surface area contributed by atoms with Crippen molar-refractivity contribution in [3.05, 3.63) is 40.8 Å². The summed E-state index contributed by atoms with van der Waals surface area (Å²) in [6.45, 7) is 3.04. The third-order valence-electron chi connectivity index (χ3n) is 3.71. The van der Waals surface area contributed by atoms with E-state index in [1.165, 1.54) is 24.3 Å². The molecule has 0 fully saturated rings. The molecule has 0 aromatic heterocycles. The largest absolute Gasteiger partial charge is 0.425 e. The van der Waals surface area contributed by atoms with Crippen molar-refractivity contribution in [3.8, 4) is 11.8 Å². The summed E-state index contributed by atoms with van der Waals surface area (Å²) in [6.07, 6.45) is 0.348. The minimum Gasteiger partial charge on any atom is -0.219 e. The van der Waals surface area contributed by atoms with E-state index in [9.17, 15) is 21.6 Å². The summed E-state index contributed by atoms with van der Waals surface area (Å²) in [4.78, 5) is -0.930. The zero-order chi connectivity index (χ0) is 18.9. The summed E-state index contributed by atoms with van der Waals surface area (Å²) in [5.74, 6) is 4.53. The van der Waals surface area contributed by atoms with Gasteiger partial charge in [-0.25, -0.2) is 8.42 Å². The van der Waals surface area contributed by atoms with E-state index in [2.05, 4.69) is 18.8 Å². The van der Waals surface area contributed by atoms with Gasteiger partial charge in [0.05, 0.1) is 9.80 Å². The Kier molecular flexibility index (Phi) is 8.24. The number of alkyl halides is 3. The number of unbranched alkanes of at least 4 members (excludes halogenated alkanes) is 5. The summed E-state index contributed by atoms with van der Waals surface area (Å²) in [7, 11) is -4.22. The third kappa shape index (κ3) is 6.58. The Morgan fingerprint density at radius 2 is 1.64 bits per heavy atom. The number of rotatable bonds is 7. The van der Waals surface area contributed by atoms with Gasteiger partial charge in [0.2, 0.25) is 9.84 Å². The van der Waals surface area contributed by atoms with Gasteiger partial charge in [-0.3, -0.25) is 0 Å². The fourth-order valence-corrected chi connectivity index (χ4v) is 3.54. The molecule has 1 rings (SSSR count). The molecule has 0 unspecified atom stereocenters. The molecule has 0 N–H and O–H groups in total. The van der Waals surface area contributed by atoms with Crippen LogP contribution in [0.15, 0.2) is 45.7 Å². The van der Waals surface area contributed by atoms with Crippen LogP contribution >= 0.6 is 0 Å². The molecule has 25 heavy (non-hydrogen) atoms. The normalized spacial score (nSPS) is 13.0. The first-order chi connectivity index (χ1) is 11.7. The molecule has 0 amide bonds. The average Bonchev–Trinajstić information content (AvgIpc) is 2.56. The molecule has 0 aliphatic heterocycles. The van der Waals surface area contributed by atoms with E-state index in [0.29, 0.717) is 12.8 Å². The number of allylic oxidation sites excluding steroid dienone is 2. The first-order valence-electron chi connectivity index (χ1n) is 8.28. The van der Waals surface area contributed by atoms with Gasteiger partial charge in [-0.2, -0.15) is 13.2 Å². The highest BCUT2D eigenvalue weighted by Crippen LogP contribution is 2.32. The molecule has 0 heterocycles. The van der Waals surface area contributed by atoms with Gasteiger partial charge in [0.1, 0.15) is 5.57 Å². The van der Waals surface area contributed by atoms with Crippen molar-refractivity contribution in [2.45, 2.75) is 63.4 Å². The lowest BCUT2D eigenvalue weighted by molar-refractivity contribution is -0.0875. The van der Waals surface area contributed by atoms with E-state index >= 15 is 0 Å². The van der Waals surface area contributed by atoms with E-state index in [1.54, 1.807) is 6.07 Å². The number of hydrogen-bond acceptors (Lipinski definition) is 2. The standard InChI is InChI=1S/C19H23F3O2S/c1-3-4-5-6-7-8-12-15-18(19(20,21)22)16(2)25(23,24)17-13-10-9-11-14-17/h9-11,13-14H,3-8H2,1-2H3/b18-16+. The molecule has 0 saturated heterocycles. The molecule has 2 nitrogen and oxygen atoms in total. The SMILES string of the molecule is CCCCCCCC#C/C(=C(/C)S(=O)(=O)c1ccccc1)C(F)(F)F. The van der Waals surface area contributed by atoms with Crippen LogP contribution in [0.3, 0.4) is 0 Å². The van der Waals surface area contributed by atoms with Gasteiger partial charge >= 0.3 is 6.18 Å². The van der Waals surface area contributed by atoms with Crippen LogP contribution in [0.4, 0.5) is 13.2 Å². The average molecular weight is 372 g/mol. The van der Waals surface area contributed by atoms with Crippen molar-refractivity contribution in [2.24, 2.45) is 0 Å². The second-order valence-electron chi connectivity index (χ2n) is 5.71. The molecule has 0 radical (unpaired) electrons. The van der Waals surface area contributed by atoms with Crippen LogP contribution in [0.1, 0.15) is 52.4 Å². The maximum absolute atomic E-state index is 13.3. The highest BCUT2D eigenvalue weighted by molar-refractivity contribution is 7.95.